The van der Waals surface area contributed by atoms with E-state index in [2.05, 4.69) is 52.5 Å². The van der Waals surface area contributed by atoms with Crippen LogP contribution in [0.2, 0.25) is 0 Å². The van der Waals surface area contributed by atoms with Crippen LogP contribution in [0.1, 0.15) is 29.8 Å². The summed E-state index contributed by atoms with van der Waals surface area (Å²) in [6.45, 7) is 4.37. The molecule has 0 fully saturated rings. The van der Waals surface area contributed by atoms with E-state index in [1.165, 1.54) is 17.4 Å². The third-order valence-electron chi connectivity index (χ3n) is 4.34. The van der Waals surface area contributed by atoms with Crippen LogP contribution in [0.15, 0.2) is 65.7 Å². The SMILES string of the molecule is CN1C(=CC=NNC(=O)c2cccnc2)C(C)(C)c2ccccc21. The lowest BCUT2D eigenvalue weighted by molar-refractivity contribution is 0.0955. The Morgan fingerprint density at radius 1 is 1.25 bits per heavy atom. The summed E-state index contributed by atoms with van der Waals surface area (Å²) in [6, 6.07) is 11.8. The van der Waals surface area contributed by atoms with Gasteiger partial charge in [-0.1, -0.05) is 32.0 Å². The molecule has 2 aromatic rings. The number of nitrogens with one attached hydrogen (secondary N) is 1. The number of carbonyl (C=O) groups is 1. The lowest BCUT2D eigenvalue weighted by atomic mass is 9.84. The van der Waals surface area contributed by atoms with Crippen LogP contribution >= 0.6 is 0 Å². The van der Waals surface area contributed by atoms with Crippen LogP contribution in [0.25, 0.3) is 0 Å². The van der Waals surface area contributed by atoms with Crippen molar-refractivity contribution in [1.82, 2.24) is 10.4 Å². The zero-order chi connectivity index (χ0) is 17.2. The first kappa shape index (κ1) is 15.9. The average molecular weight is 320 g/mol. The number of allylic oxidation sites excluding steroid dienone is 2. The highest BCUT2D eigenvalue weighted by Gasteiger charge is 2.37. The number of pyridine rings is 1. The molecule has 0 spiro atoms. The third kappa shape index (κ3) is 2.80. The largest absolute Gasteiger partial charge is 0.347 e. The molecule has 1 amide bonds. The van der Waals surface area contributed by atoms with E-state index in [0.717, 1.165) is 5.70 Å². The highest BCUT2D eigenvalue weighted by molar-refractivity contribution is 5.94. The van der Waals surface area contributed by atoms with Gasteiger partial charge >= 0.3 is 0 Å². The predicted octanol–water partition coefficient (Wildman–Crippen LogP) is 3.11. The number of hydrogen-bond donors (Lipinski definition) is 1. The fraction of sp³-hybridized carbons (Fsp3) is 0.211. The molecule has 5 heteroatoms. The molecular formula is C19H20N4O. The maximum absolute atomic E-state index is 11.9. The Morgan fingerprint density at radius 2 is 2.04 bits per heavy atom. The fourth-order valence-corrected chi connectivity index (χ4v) is 3.07. The summed E-state index contributed by atoms with van der Waals surface area (Å²) in [7, 11) is 2.04. The zero-order valence-corrected chi connectivity index (χ0v) is 14.0. The van der Waals surface area contributed by atoms with Crippen molar-refractivity contribution in [2.75, 3.05) is 11.9 Å². The Labute approximate surface area is 141 Å². The second-order valence-corrected chi connectivity index (χ2v) is 6.21. The Morgan fingerprint density at radius 3 is 2.75 bits per heavy atom. The van der Waals surface area contributed by atoms with Crippen molar-refractivity contribution < 1.29 is 4.79 Å². The van der Waals surface area contributed by atoms with E-state index in [1.54, 1.807) is 24.5 Å². The van der Waals surface area contributed by atoms with Crippen molar-refractivity contribution in [2.24, 2.45) is 5.10 Å². The van der Waals surface area contributed by atoms with Gasteiger partial charge < -0.3 is 4.90 Å². The van der Waals surface area contributed by atoms with Crippen molar-refractivity contribution in [3.8, 4) is 0 Å². The van der Waals surface area contributed by atoms with Gasteiger partial charge in [-0.05, 0) is 29.8 Å². The van der Waals surface area contributed by atoms with Crippen LogP contribution in [-0.2, 0) is 5.41 Å². The predicted molar refractivity (Wildman–Crippen MR) is 96.1 cm³/mol. The molecule has 0 saturated carbocycles. The van der Waals surface area contributed by atoms with Gasteiger partial charge in [0.05, 0.1) is 5.56 Å². The van der Waals surface area contributed by atoms with E-state index in [1.807, 2.05) is 19.2 Å². The Kier molecular flexibility index (Phi) is 4.16. The second-order valence-electron chi connectivity index (χ2n) is 6.21. The lowest BCUT2D eigenvalue weighted by Gasteiger charge is -2.23. The van der Waals surface area contributed by atoms with Crippen molar-refractivity contribution >= 4 is 17.8 Å². The molecule has 1 aromatic heterocycles. The van der Waals surface area contributed by atoms with Gasteiger partial charge in [-0.2, -0.15) is 5.10 Å². The summed E-state index contributed by atoms with van der Waals surface area (Å²) >= 11 is 0. The number of hydrazone groups is 1. The first-order valence-electron chi connectivity index (χ1n) is 7.79. The first-order valence-corrected chi connectivity index (χ1v) is 7.79. The van der Waals surface area contributed by atoms with Crippen molar-refractivity contribution in [3.05, 3.63) is 71.7 Å². The second kappa shape index (κ2) is 6.28. The van der Waals surface area contributed by atoms with Crippen LogP contribution in [-0.4, -0.2) is 24.2 Å². The molecule has 1 N–H and O–H groups in total. The molecule has 0 unspecified atom stereocenters. The molecular weight excluding hydrogens is 300 g/mol. The standard InChI is InChI=1S/C19H20N4O/c1-19(2)15-8-4-5-9-16(15)23(3)17(19)10-12-21-22-18(24)14-7-6-11-20-13-14/h4-13H,1-3H3,(H,22,24). The van der Waals surface area contributed by atoms with E-state index >= 15 is 0 Å². The number of benzene rings is 1. The number of likely N-dealkylation sites (N-methyl/N-ethyl adjacent to an activating group) is 1. The minimum Gasteiger partial charge on any atom is -0.347 e. The molecule has 122 valence electrons. The Balaban J connectivity index is 1.74. The van der Waals surface area contributed by atoms with Gasteiger partial charge in [-0.3, -0.25) is 9.78 Å². The van der Waals surface area contributed by atoms with E-state index in [9.17, 15) is 4.79 Å². The highest BCUT2D eigenvalue weighted by Crippen LogP contribution is 2.46. The lowest BCUT2D eigenvalue weighted by Crippen LogP contribution is -2.23. The van der Waals surface area contributed by atoms with Gasteiger partial charge in [0, 0.05) is 42.5 Å². The molecule has 0 aliphatic carbocycles. The minimum atomic E-state index is -0.278. The molecule has 1 aromatic carbocycles. The zero-order valence-electron chi connectivity index (χ0n) is 14.0. The van der Waals surface area contributed by atoms with Crippen LogP contribution < -0.4 is 10.3 Å². The van der Waals surface area contributed by atoms with Gasteiger partial charge in [0.1, 0.15) is 0 Å². The van der Waals surface area contributed by atoms with E-state index in [4.69, 9.17) is 0 Å². The number of aromatic nitrogens is 1. The van der Waals surface area contributed by atoms with Gasteiger partial charge in [0.25, 0.3) is 5.91 Å². The summed E-state index contributed by atoms with van der Waals surface area (Å²) in [6.07, 6.45) is 6.69. The summed E-state index contributed by atoms with van der Waals surface area (Å²) in [5, 5.41) is 4.02. The maximum Gasteiger partial charge on any atom is 0.272 e. The molecule has 0 radical (unpaired) electrons. The summed E-state index contributed by atoms with van der Waals surface area (Å²) in [4.78, 5) is 18.0. The number of carbonyl (C=O) groups excluding carboxylic acids is 1. The van der Waals surface area contributed by atoms with Gasteiger partial charge in [-0.15, -0.1) is 0 Å². The monoisotopic (exact) mass is 320 g/mol. The molecule has 0 bridgehead atoms. The first-order chi connectivity index (χ1) is 11.5. The van der Waals surface area contributed by atoms with Crippen molar-refractivity contribution in [3.63, 3.8) is 0 Å². The molecule has 1 aliphatic heterocycles. The number of rotatable bonds is 3. The Bertz CT molecular complexity index is 809. The minimum absolute atomic E-state index is 0.106. The van der Waals surface area contributed by atoms with Crippen LogP contribution in [0.5, 0.6) is 0 Å². The number of anilines is 1. The number of nitrogens with zero attached hydrogens (tertiary/aromatic N) is 3. The van der Waals surface area contributed by atoms with Crippen molar-refractivity contribution in [1.29, 1.82) is 0 Å². The molecule has 1 aliphatic rings. The third-order valence-corrected chi connectivity index (χ3v) is 4.34. The topological polar surface area (TPSA) is 57.6 Å². The van der Waals surface area contributed by atoms with E-state index in [-0.39, 0.29) is 11.3 Å². The van der Waals surface area contributed by atoms with Crippen LogP contribution in [0.4, 0.5) is 5.69 Å². The quantitative estimate of drug-likeness (QED) is 0.698. The van der Waals surface area contributed by atoms with Crippen LogP contribution in [0.3, 0.4) is 0 Å². The molecule has 24 heavy (non-hydrogen) atoms. The number of fused-ring (bicyclic) bond motifs is 1. The average Bonchev–Trinajstić information content (AvgIpc) is 2.80. The maximum atomic E-state index is 11.9. The molecule has 0 saturated heterocycles. The Hall–Kier alpha value is -2.95. The molecule has 0 atom stereocenters. The molecule has 3 rings (SSSR count). The van der Waals surface area contributed by atoms with Gasteiger partial charge in [0.15, 0.2) is 0 Å². The smallest absolute Gasteiger partial charge is 0.272 e. The van der Waals surface area contributed by atoms with Gasteiger partial charge in [0.2, 0.25) is 0 Å². The van der Waals surface area contributed by atoms with E-state index in [0.29, 0.717) is 5.56 Å². The number of hydrogen-bond acceptors (Lipinski definition) is 4. The summed E-state index contributed by atoms with van der Waals surface area (Å²) < 4.78 is 0. The van der Waals surface area contributed by atoms with Crippen molar-refractivity contribution in [2.45, 2.75) is 19.3 Å². The summed E-state index contributed by atoms with van der Waals surface area (Å²) in [5.74, 6) is -0.278. The normalized spacial score (nSPS) is 17.3. The molecule has 2 heterocycles. The number of amides is 1. The highest BCUT2D eigenvalue weighted by atomic mass is 16.2. The van der Waals surface area contributed by atoms with E-state index < -0.39 is 0 Å². The van der Waals surface area contributed by atoms with Gasteiger partial charge in [-0.25, -0.2) is 5.43 Å². The number of para-hydroxylation sites is 1. The summed E-state index contributed by atoms with van der Waals surface area (Å²) in [5.41, 5.74) is 6.49. The molecule has 5 nitrogen and oxygen atoms in total. The fourth-order valence-electron chi connectivity index (χ4n) is 3.07. The van der Waals surface area contributed by atoms with Crippen LogP contribution in [0, 0.1) is 0 Å².